The number of aromatic nitrogens is 2. The molecular weight excluding hydrogens is 322 g/mol. The highest BCUT2D eigenvalue weighted by Gasteiger charge is 2.17. The van der Waals surface area contributed by atoms with Crippen LogP contribution in [0, 0.1) is 24.0 Å². The molecule has 0 aliphatic carbocycles. The molecular formula is C18H17N3O4. The molecule has 3 rings (SSSR count). The molecule has 0 spiro atoms. The van der Waals surface area contributed by atoms with E-state index < -0.39 is 11.0 Å². The van der Waals surface area contributed by atoms with Gasteiger partial charge < -0.3 is 9.26 Å². The van der Waals surface area contributed by atoms with E-state index in [0.717, 1.165) is 11.3 Å². The van der Waals surface area contributed by atoms with E-state index in [4.69, 9.17) is 9.26 Å². The molecule has 2 aromatic carbocycles. The largest absolute Gasteiger partial charge is 0.481 e. The van der Waals surface area contributed by atoms with Crippen LogP contribution in [0.4, 0.5) is 5.69 Å². The maximum Gasteiger partial charge on any atom is 0.269 e. The van der Waals surface area contributed by atoms with Crippen molar-refractivity contribution < 1.29 is 14.2 Å². The second-order valence-electron chi connectivity index (χ2n) is 5.77. The minimum atomic E-state index is -0.453. The zero-order valence-corrected chi connectivity index (χ0v) is 14.1. The van der Waals surface area contributed by atoms with Gasteiger partial charge in [-0.2, -0.15) is 4.98 Å². The highest BCUT2D eigenvalue weighted by atomic mass is 16.6. The maximum atomic E-state index is 10.7. The molecule has 128 valence electrons. The van der Waals surface area contributed by atoms with Gasteiger partial charge in [0, 0.05) is 17.7 Å². The Bertz CT molecular complexity index is 903. The molecule has 7 nitrogen and oxygen atoms in total. The van der Waals surface area contributed by atoms with Gasteiger partial charge in [-0.1, -0.05) is 11.2 Å². The molecule has 0 aliphatic heterocycles. The number of benzene rings is 2. The van der Waals surface area contributed by atoms with Gasteiger partial charge in [0.15, 0.2) is 6.10 Å². The zero-order chi connectivity index (χ0) is 18.0. The van der Waals surface area contributed by atoms with Crippen molar-refractivity contribution in [1.29, 1.82) is 0 Å². The van der Waals surface area contributed by atoms with Crippen LogP contribution in [0.3, 0.4) is 0 Å². The summed E-state index contributed by atoms with van der Waals surface area (Å²) in [6.45, 7) is 5.88. The standard InChI is InChI=1S/C18H17N3O4/c1-11-4-9-16(10-12(11)2)24-13(3)18-19-17(20-25-18)14-5-7-15(8-6-14)21(22)23/h4-10,13H,1-3H3. The first-order chi connectivity index (χ1) is 11.9. The lowest BCUT2D eigenvalue weighted by atomic mass is 10.1. The van der Waals surface area contributed by atoms with Crippen molar-refractivity contribution in [1.82, 2.24) is 10.1 Å². The highest BCUT2D eigenvalue weighted by Crippen LogP contribution is 2.25. The van der Waals surface area contributed by atoms with E-state index in [1.807, 2.05) is 39.0 Å². The molecule has 0 radical (unpaired) electrons. The summed E-state index contributed by atoms with van der Waals surface area (Å²) < 4.78 is 11.1. The molecule has 7 heteroatoms. The van der Waals surface area contributed by atoms with Crippen LogP contribution in [-0.4, -0.2) is 15.1 Å². The van der Waals surface area contributed by atoms with E-state index in [2.05, 4.69) is 10.1 Å². The number of rotatable bonds is 5. The van der Waals surface area contributed by atoms with E-state index >= 15 is 0 Å². The lowest BCUT2D eigenvalue weighted by Gasteiger charge is -2.12. The summed E-state index contributed by atoms with van der Waals surface area (Å²) >= 11 is 0. The summed E-state index contributed by atoms with van der Waals surface area (Å²) in [6.07, 6.45) is -0.415. The number of nitrogens with zero attached hydrogens (tertiary/aromatic N) is 3. The van der Waals surface area contributed by atoms with Gasteiger partial charge in [0.05, 0.1) is 4.92 Å². The summed E-state index contributed by atoms with van der Waals surface area (Å²) in [4.78, 5) is 14.6. The minimum Gasteiger partial charge on any atom is -0.481 e. The molecule has 0 bridgehead atoms. The number of ether oxygens (including phenoxy) is 1. The van der Waals surface area contributed by atoms with E-state index in [9.17, 15) is 10.1 Å². The van der Waals surface area contributed by atoms with Crippen LogP contribution in [0.1, 0.15) is 30.0 Å². The average molecular weight is 339 g/mol. The monoisotopic (exact) mass is 339 g/mol. The quantitative estimate of drug-likeness (QED) is 0.505. The van der Waals surface area contributed by atoms with Gasteiger partial charge in [-0.3, -0.25) is 10.1 Å². The smallest absolute Gasteiger partial charge is 0.269 e. The van der Waals surface area contributed by atoms with Gasteiger partial charge in [-0.15, -0.1) is 0 Å². The maximum absolute atomic E-state index is 10.7. The summed E-state index contributed by atoms with van der Waals surface area (Å²) in [7, 11) is 0. The van der Waals surface area contributed by atoms with Crippen LogP contribution in [0.5, 0.6) is 5.75 Å². The van der Waals surface area contributed by atoms with Gasteiger partial charge in [0.1, 0.15) is 5.75 Å². The average Bonchev–Trinajstić information content (AvgIpc) is 3.08. The Hall–Kier alpha value is -3.22. The Labute approximate surface area is 144 Å². The predicted molar refractivity (Wildman–Crippen MR) is 91.3 cm³/mol. The van der Waals surface area contributed by atoms with Crippen molar-refractivity contribution in [2.75, 3.05) is 0 Å². The molecule has 1 atom stereocenters. The molecule has 0 aliphatic rings. The first kappa shape index (κ1) is 16.6. The number of hydrogen-bond acceptors (Lipinski definition) is 6. The van der Waals surface area contributed by atoms with Gasteiger partial charge in [0.25, 0.3) is 11.6 Å². The molecule has 0 fully saturated rings. The van der Waals surface area contributed by atoms with E-state index in [1.54, 1.807) is 12.1 Å². The van der Waals surface area contributed by atoms with E-state index in [-0.39, 0.29) is 5.69 Å². The lowest BCUT2D eigenvalue weighted by Crippen LogP contribution is -2.03. The van der Waals surface area contributed by atoms with Gasteiger partial charge in [-0.25, -0.2) is 0 Å². The van der Waals surface area contributed by atoms with Crippen LogP contribution in [0.15, 0.2) is 47.0 Å². The van der Waals surface area contributed by atoms with Crippen LogP contribution < -0.4 is 4.74 Å². The third kappa shape index (κ3) is 3.65. The molecule has 1 heterocycles. The third-order valence-corrected chi connectivity index (χ3v) is 3.92. The Kier molecular flexibility index (Phi) is 4.47. The number of aryl methyl sites for hydroxylation is 2. The first-order valence-electron chi connectivity index (χ1n) is 7.76. The second kappa shape index (κ2) is 6.72. The number of nitro groups is 1. The SMILES string of the molecule is Cc1ccc(OC(C)c2nc(-c3ccc([N+](=O)[O-])cc3)no2)cc1C. The fourth-order valence-electron chi connectivity index (χ4n) is 2.29. The van der Waals surface area contributed by atoms with Crippen LogP contribution in [0.25, 0.3) is 11.4 Å². The summed E-state index contributed by atoms with van der Waals surface area (Å²) in [5.74, 6) is 1.43. The topological polar surface area (TPSA) is 91.3 Å². The summed E-state index contributed by atoms with van der Waals surface area (Å²) in [5, 5.41) is 14.6. The molecule has 0 saturated carbocycles. The first-order valence-corrected chi connectivity index (χ1v) is 7.76. The fraction of sp³-hybridized carbons (Fsp3) is 0.222. The molecule has 0 saturated heterocycles. The minimum absolute atomic E-state index is 0.0129. The number of nitro benzene ring substituents is 1. The molecule has 0 N–H and O–H groups in total. The third-order valence-electron chi connectivity index (χ3n) is 3.92. The Morgan fingerprint density at radius 3 is 2.48 bits per heavy atom. The number of non-ortho nitro benzene ring substituents is 1. The Balaban J connectivity index is 1.75. The van der Waals surface area contributed by atoms with Crippen molar-refractivity contribution in [3.8, 4) is 17.1 Å². The van der Waals surface area contributed by atoms with Crippen molar-refractivity contribution in [2.45, 2.75) is 26.9 Å². The van der Waals surface area contributed by atoms with Crippen LogP contribution >= 0.6 is 0 Å². The Morgan fingerprint density at radius 1 is 1.12 bits per heavy atom. The molecule has 3 aromatic rings. The second-order valence-corrected chi connectivity index (χ2v) is 5.77. The molecule has 25 heavy (non-hydrogen) atoms. The van der Waals surface area contributed by atoms with Gasteiger partial charge in [-0.05, 0) is 56.2 Å². The van der Waals surface area contributed by atoms with Crippen molar-refractivity contribution in [2.24, 2.45) is 0 Å². The van der Waals surface area contributed by atoms with E-state index in [1.165, 1.54) is 17.7 Å². The van der Waals surface area contributed by atoms with Gasteiger partial charge in [0.2, 0.25) is 5.82 Å². The van der Waals surface area contributed by atoms with Crippen LogP contribution in [0.2, 0.25) is 0 Å². The Morgan fingerprint density at radius 2 is 1.84 bits per heavy atom. The summed E-state index contributed by atoms with van der Waals surface area (Å²) in [5.41, 5.74) is 2.98. The zero-order valence-electron chi connectivity index (χ0n) is 14.1. The van der Waals surface area contributed by atoms with Crippen molar-refractivity contribution in [3.05, 3.63) is 69.6 Å². The fourth-order valence-corrected chi connectivity index (χ4v) is 2.29. The number of hydrogen-bond donors (Lipinski definition) is 0. The van der Waals surface area contributed by atoms with Gasteiger partial charge >= 0.3 is 0 Å². The molecule has 1 aromatic heterocycles. The van der Waals surface area contributed by atoms with Crippen LogP contribution in [-0.2, 0) is 0 Å². The summed E-state index contributed by atoms with van der Waals surface area (Å²) in [6, 6.07) is 11.8. The van der Waals surface area contributed by atoms with E-state index in [0.29, 0.717) is 17.3 Å². The lowest BCUT2D eigenvalue weighted by molar-refractivity contribution is -0.384. The molecule has 0 amide bonds. The van der Waals surface area contributed by atoms with Crippen molar-refractivity contribution >= 4 is 5.69 Å². The normalized spacial score (nSPS) is 12.0. The van der Waals surface area contributed by atoms with Crippen molar-refractivity contribution in [3.63, 3.8) is 0 Å². The molecule has 1 unspecified atom stereocenters. The highest BCUT2D eigenvalue weighted by molar-refractivity contribution is 5.56. The predicted octanol–water partition coefficient (Wildman–Crippen LogP) is 4.40.